The maximum absolute atomic E-state index is 12.9. The molecule has 2 rings (SSSR count). The summed E-state index contributed by atoms with van der Waals surface area (Å²) in [7, 11) is 0. The summed E-state index contributed by atoms with van der Waals surface area (Å²) in [5.41, 5.74) is -0.861. The van der Waals surface area contributed by atoms with Gasteiger partial charge in [0.1, 0.15) is 12.4 Å². The quantitative estimate of drug-likeness (QED) is 0.689. The number of hydrogen-bond acceptors (Lipinski definition) is 4. The number of para-hydroxylation sites is 1. The third-order valence-corrected chi connectivity index (χ3v) is 4.37. The predicted octanol–water partition coefficient (Wildman–Crippen LogP) is 4.31. The van der Waals surface area contributed by atoms with Gasteiger partial charge in [-0.1, -0.05) is 18.2 Å². The van der Waals surface area contributed by atoms with Crippen LogP contribution in [0.25, 0.3) is 0 Å². The lowest BCUT2D eigenvalue weighted by molar-refractivity contribution is -0.139. The number of carbonyl (C=O) groups excluding carboxylic acids is 2. The van der Waals surface area contributed by atoms with Crippen molar-refractivity contribution in [3.05, 3.63) is 52.2 Å². The van der Waals surface area contributed by atoms with Gasteiger partial charge in [0.2, 0.25) is 5.91 Å². The highest BCUT2D eigenvalue weighted by Crippen LogP contribution is 2.35. The second kappa shape index (κ2) is 8.84. The van der Waals surface area contributed by atoms with Gasteiger partial charge in [0.15, 0.2) is 5.78 Å². The van der Waals surface area contributed by atoms with Crippen LogP contribution >= 0.6 is 11.3 Å². The molecular formula is C18H18F3NO3S. The Hall–Kier alpha value is -2.35. The summed E-state index contributed by atoms with van der Waals surface area (Å²) in [5.74, 6) is -0.748. The lowest BCUT2D eigenvalue weighted by Crippen LogP contribution is -2.37. The zero-order valence-corrected chi connectivity index (χ0v) is 14.8. The van der Waals surface area contributed by atoms with Crippen molar-refractivity contribution in [1.29, 1.82) is 0 Å². The molecular weight excluding hydrogens is 367 g/mol. The summed E-state index contributed by atoms with van der Waals surface area (Å²) < 4.78 is 43.9. The number of alkyl halides is 3. The first-order valence-electron chi connectivity index (χ1n) is 7.92. The van der Waals surface area contributed by atoms with E-state index >= 15 is 0 Å². The number of ketones is 1. The average Bonchev–Trinajstić information content (AvgIpc) is 3.12. The lowest BCUT2D eigenvalue weighted by atomic mass is 10.2. The molecule has 0 bridgehead atoms. The van der Waals surface area contributed by atoms with Gasteiger partial charge in [0.05, 0.1) is 16.5 Å². The minimum atomic E-state index is -4.51. The van der Waals surface area contributed by atoms with E-state index in [1.807, 2.05) is 0 Å². The summed E-state index contributed by atoms with van der Waals surface area (Å²) in [4.78, 5) is 24.3. The predicted molar refractivity (Wildman–Crippen MR) is 92.4 cm³/mol. The fourth-order valence-electron chi connectivity index (χ4n) is 2.22. The van der Waals surface area contributed by atoms with Crippen LogP contribution < -0.4 is 10.1 Å². The van der Waals surface area contributed by atoms with E-state index in [0.29, 0.717) is 4.88 Å². The molecule has 140 valence electrons. The fourth-order valence-corrected chi connectivity index (χ4v) is 2.91. The van der Waals surface area contributed by atoms with Crippen LogP contribution in [-0.4, -0.2) is 24.3 Å². The summed E-state index contributed by atoms with van der Waals surface area (Å²) in [6, 6.07) is 7.86. The molecule has 0 saturated carbocycles. The third kappa shape index (κ3) is 5.87. The highest BCUT2D eigenvalue weighted by atomic mass is 32.1. The lowest BCUT2D eigenvalue weighted by Gasteiger charge is -2.17. The van der Waals surface area contributed by atoms with Crippen LogP contribution in [0.3, 0.4) is 0 Å². The highest BCUT2D eigenvalue weighted by Gasteiger charge is 2.34. The normalized spacial score (nSPS) is 12.5. The summed E-state index contributed by atoms with van der Waals surface area (Å²) >= 11 is 1.31. The van der Waals surface area contributed by atoms with Crippen molar-refractivity contribution in [1.82, 2.24) is 5.32 Å². The number of ether oxygens (including phenoxy) is 1. The van der Waals surface area contributed by atoms with Gasteiger partial charge in [-0.15, -0.1) is 11.3 Å². The number of Topliss-reactive ketones (excluding diaryl/α,β-unsaturated/α-hetero) is 1. The molecule has 0 saturated heterocycles. The fraction of sp³-hybridized carbons (Fsp3) is 0.333. The van der Waals surface area contributed by atoms with E-state index in [1.54, 1.807) is 24.4 Å². The van der Waals surface area contributed by atoms with E-state index in [4.69, 9.17) is 4.74 Å². The molecule has 0 fully saturated rings. The molecule has 1 aromatic carbocycles. The van der Waals surface area contributed by atoms with Crippen molar-refractivity contribution in [3.63, 3.8) is 0 Å². The van der Waals surface area contributed by atoms with Gasteiger partial charge >= 0.3 is 6.18 Å². The summed E-state index contributed by atoms with van der Waals surface area (Å²) in [5, 5.41) is 4.40. The van der Waals surface area contributed by atoms with Gasteiger partial charge in [0.25, 0.3) is 0 Å². The van der Waals surface area contributed by atoms with Crippen molar-refractivity contribution in [3.8, 4) is 5.75 Å². The van der Waals surface area contributed by atoms with E-state index in [0.717, 1.165) is 6.07 Å². The zero-order chi connectivity index (χ0) is 19.2. The van der Waals surface area contributed by atoms with E-state index < -0.39 is 17.8 Å². The standard InChI is InChI=1S/C18H18F3NO3S/c1-12(11-25-15-6-3-2-5-13(15)18(19,20)21)22-17(24)9-8-14(23)16-7-4-10-26-16/h2-7,10,12H,8-9,11H2,1H3,(H,22,24). The number of benzene rings is 1. The minimum Gasteiger partial charge on any atom is -0.491 e. The van der Waals surface area contributed by atoms with Gasteiger partial charge in [-0.3, -0.25) is 9.59 Å². The SMILES string of the molecule is CC(COc1ccccc1C(F)(F)F)NC(=O)CCC(=O)c1cccs1. The van der Waals surface area contributed by atoms with E-state index in [1.165, 1.54) is 29.5 Å². The van der Waals surface area contributed by atoms with E-state index in [9.17, 15) is 22.8 Å². The Kier molecular flexibility index (Phi) is 6.79. The Bertz CT molecular complexity index is 744. The molecule has 0 aliphatic heterocycles. The zero-order valence-electron chi connectivity index (χ0n) is 14.0. The number of carbonyl (C=O) groups is 2. The first kappa shape index (κ1) is 20.0. The molecule has 1 heterocycles. The molecule has 0 aliphatic carbocycles. The Balaban J connectivity index is 1.79. The first-order chi connectivity index (χ1) is 12.3. The van der Waals surface area contributed by atoms with Crippen LogP contribution in [0.15, 0.2) is 41.8 Å². The van der Waals surface area contributed by atoms with Crippen LogP contribution in [0.4, 0.5) is 13.2 Å². The Morgan fingerprint density at radius 1 is 1.15 bits per heavy atom. The largest absolute Gasteiger partial charge is 0.491 e. The number of rotatable bonds is 8. The monoisotopic (exact) mass is 385 g/mol. The molecule has 8 heteroatoms. The van der Waals surface area contributed by atoms with Crippen LogP contribution in [-0.2, 0) is 11.0 Å². The van der Waals surface area contributed by atoms with Crippen molar-refractivity contribution in [2.45, 2.75) is 32.0 Å². The summed E-state index contributed by atoms with van der Waals surface area (Å²) in [6.45, 7) is 1.51. The van der Waals surface area contributed by atoms with E-state index in [-0.39, 0.29) is 36.9 Å². The van der Waals surface area contributed by atoms with Crippen LogP contribution in [0.5, 0.6) is 5.75 Å². The van der Waals surface area contributed by atoms with E-state index in [2.05, 4.69) is 5.32 Å². The molecule has 0 spiro atoms. The molecule has 1 atom stereocenters. The molecule has 1 N–H and O–H groups in total. The molecule has 4 nitrogen and oxygen atoms in total. The Labute approximate surface area is 153 Å². The number of hydrogen-bond donors (Lipinski definition) is 1. The van der Waals surface area contributed by atoms with Crippen molar-refractivity contribution in [2.75, 3.05) is 6.61 Å². The first-order valence-corrected chi connectivity index (χ1v) is 8.80. The maximum atomic E-state index is 12.9. The number of amides is 1. The van der Waals surface area contributed by atoms with Gasteiger partial charge in [-0.2, -0.15) is 13.2 Å². The van der Waals surface area contributed by atoms with Gasteiger partial charge < -0.3 is 10.1 Å². The second-order valence-electron chi connectivity index (χ2n) is 5.67. The smallest absolute Gasteiger partial charge is 0.419 e. The topological polar surface area (TPSA) is 55.4 Å². The highest BCUT2D eigenvalue weighted by molar-refractivity contribution is 7.12. The Morgan fingerprint density at radius 3 is 2.54 bits per heavy atom. The van der Waals surface area contributed by atoms with Gasteiger partial charge in [0, 0.05) is 12.8 Å². The minimum absolute atomic E-state index is 0.0141. The van der Waals surface area contributed by atoms with Crippen molar-refractivity contribution in [2.24, 2.45) is 0 Å². The second-order valence-corrected chi connectivity index (χ2v) is 6.62. The number of nitrogens with one attached hydrogen (secondary N) is 1. The third-order valence-electron chi connectivity index (χ3n) is 3.46. The molecule has 2 aromatic rings. The maximum Gasteiger partial charge on any atom is 0.419 e. The van der Waals surface area contributed by atoms with Crippen molar-refractivity contribution >= 4 is 23.0 Å². The van der Waals surface area contributed by atoms with Gasteiger partial charge in [-0.05, 0) is 30.5 Å². The molecule has 1 aromatic heterocycles. The number of thiophene rings is 1. The van der Waals surface area contributed by atoms with Crippen LogP contribution in [0.1, 0.15) is 35.0 Å². The molecule has 0 radical (unpaired) electrons. The average molecular weight is 385 g/mol. The number of halogens is 3. The van der Waals surface area contributed by atoms with Crippen LogP contribution in [0, 0.1) is 0 Å². The van der Waals surface area contributed by atoms with Crippen molar-refractivity contribution < 1.29 is 27.5 Å². The molecule has 0 aliphatic rings. The van der Waals surface area contributed by atoms with Gasteiger partial charge in [-0.25, -0.2) is 0 Å². The molecule has 1 amide bonds. The summed E-state index contributed by atoms with van der Waals surface area (Å²) in [6.07, 6.45) is -4.41. The Morgan fingerprint density at radius 2 is 1.88 bits per heavy atom. The van der Waals surface area contributed by atoms with Crippen LogP contribution in [0.2, 0.25) is 0 Å². The molecule has 26 heavy (non-hydrogen) atoms. The molecule has 1 unspecified atom stereocenters.